The van der Waals surface area contributed by atoms with Crippen LogP contribution in [0.1, 0.15) is 11.1 Å². The van der Waals surface area contributed by atoms with Crippen LogP contribution < -0.4 is 15.8 Å². The van der Waals surface area contributed by atoms with Crippen LogP contribution in [0.5, 0.6) is 5.75 Å². The van der Waals surface area contributed by atoms with E-state index in [2.05, 4.69) is 5.32 Å². The van der Waals surface area contributed by atoms with Crippen molar-refractivity contribution < 1.29 is 9.53 Å². The molecule has 0 aliphatic heterocycles. The average molecular weight is 351 g/mol. The van der Waals surface area contributed by atoms with Gasteiger partial charge >= 0.3 is 0 Å². The number of nitrogens with zero attached hydrogens (tertiary/aromatic N) is 1. The predicted molar refractivity (Wildman–Crippen MR) is 102 cm³/mol. The third-order valence-electron chi connectivity index (χ3n) is 3.37. The average Bonchev–Trinajstić information content (AvgIpc) is 2.60. The van der Waals surface area contributed by atoms with Crippen LogP contribution in [0.15, 0.2) is 54.1 Å². The topological polar surface area (TPSA) is 88.1 Å². The molecule has 0 aromatic heterocycles. The van der Waals surface area contributed by atoms with E-state index in [1.165, 1.54) is 0 Å². The van der Waals surface area contributed by atoms with Gasteiger partial charge in [0.25, 0.3) is 5.91 Å². The number of aryl methyl sites for hydroxylation is 1. The summed E-state index contributed by atoms with van der Waals surface area (Å²) < 4.78 is 5.47. The molecule has 0 saturated carbocycles. The van der Waals surface area contributed by atoms with Crippen LogP contribution in [-0.4, -0.2) is 17.5 Å². The molecule has 25 heavy (non-hydrogen) atoms. The summed E-state index contributed by atoms with van der Waals surface area (Å²) in [5.41, 5.74) is 8.20. The summed E-state index contributed by atoms with van der Waals surface area (Å²) in [6, 6.07) is 16.4. The van der Waals surface area contributed by atoms with Gasteiger partial charge in [-0.25, -0.2) is 0 Å². The number of carbonyl (C=O) groups is 1. The van der Waals surface area contributed by atoms with E-state index in [1.54, 1.807) is 30.3 Å². The monoisotopic (exact) mass is 351 g/mol. The molecule has 2 rings (SSSR count). The number of nitrogens with two attached hydrogens (primary N) is 1. The molecule has 3 N–H and O–H groups in total. The van der Waals surface area contributed by atoms with E-state index in [-0.39, 0.29) is 23.1 Å². The molecule has 1 amide bonds. The molecule has 2 aromatic rings. The summed E-state index contributed by atoms with van der Waals surface area (Å²) in [7, 11) is 0. The van der Waals surface area contributed by atoms with Gasteiger partial charge in [-0.3, -0.25) is 4.79 Å². The zero-order valence-corrected chi connectivity index (χ0v) is 14.5. The van der Waals surface area contributed by atoms with Crippen LogP contribution in [0.25, 0.3) is 6.08 Å². The van der Waals surface area contributed by atoms with Crippen molar-refractivity contribution in [1.29, 1.82) is 5.26 Å². The second-order valence-electron chi connectivity index (χ2n) is 5.25. The lowest BCUT2D eigenvalue weighted by Crippen LogP contribution is -2.20. The lowest BCUT2D eigenvalue weighted by Gasteiger charge is -2.09. The molecule has 0 unspecified atom stereocenters. The van der Waals surface area contributed by atoms with Crippen LogP contribution >= 0.6 is 12.2 Å². The highest BCUT2D eigenvalue weighted by Gasteiger charge is 2.06. The molecule has 0 aliphatic carbocycles. The predicted octanol–water partition coefficient (Wildman–Crippen LogP) is 3.21. The summed E-state index contributed by atoms with van der Waals surface area (Å²) in [5.74, 6) is 0.310. The molecule has 6 heteroatoms. The zero-order chi connectivity index (χ0) is 18.2. The van der Waals surface area contributed by atoms with Crippen molar-refractivity contribution in [2.75, 3.05) is 11.9 Å². The van der Waals surface area contributed by atoms with Crippen molar-refractivity contribution in [3.63, 3.8) is 0 Å². The van der Waals surface area contributed by atoms with Gasteiger partial charge < -0.3 is 15.8 Å². The number of nitrogens with one attached hydrogen (secondary N) is 1. The van der Waals surface area contributed by atoms with Crippen LogP contribution in [0, 0.1) is 18.3 Å². The number of benzene rings is 2. The second-order valence-corrected chi connectivity index (χ2v) is 5.69. The summed E-state index contributed by atoms with van der Waals surface area (Å²) >= 11 is 4.79. The molecule has 0 aliphatic rings. The van der Waals surface area contributed by atoms with Crippen molar-refractivity contribution in [1.82, 2.24) is 0 Å². The SMILES string of the molecule is Cc1ccccc1NC(=O)COc1ccc(/C=C(/C#N)C(N)=S)cc1. The van der Waals surface area contributed by atoms with E-state index in [9.17, 15) is 4.79 Å². The second kappa shape index (κ2) is 8.62. The summed E-state index contributed by atoms with van der Waals surface area (Å²) in [4.78, 5) is 12.0. The molecule has 0 heterocycles. The Hall–Kier alpha value is -3.17. The lowest BCUT2D eigenvalue weighted by molar-refractivity contribution is -0.118. The number of carbonyl (C=O) groups excluding carboxylic acids is 1. The maximum atomic E-state index is 12.0. The number of hydrogen-bond donors (Lipinski definition) is 2. The molecule has 0 saturated heterocycles. The first-order valence-electron chi connectivity index (χ1n) is 7.49. The largest absolute Gasteiger partial charge is 0.484 e. The van der Waals surface area contributed by atoms with Gasteiger partial charge in [-0.15, -0.1) is 0 Å². The Morgan fingerprint density at radius 3 is 2.56 bits per heavy atom. The fourth-order valence-corrected chi connectivity index (χ4v) is 2.14. The summed E-state index contributed by atoms with van der Waals surface area (Å²) in [6.07, 6.45) is 1.59. The summed E-state index contributed by atoms with van der Waals surface area (Å²) in [6.45, 7) is 1.82. The first kappa shape index (κ1) is 18.2. The van der Waals surface area contributed by atoms with Crippen LogP contribution in [-0.2, 0) is 4.79 Å². The number of para-hydroxylation sites is 1. The van der Waals surface area contributed by atoms with Crippen molar-refractivity contribution in [2.24, 2.45) is 5.73 Å². The Balaban J connectivity index is 1.94. The normalized spacial score (nSPS) is 10.6. The third kappa shape index (κ3) is 5.44. The number of amides is 1. The smallest absolute Gasteiger partial charge is 0.262 e. The van der Waals surface area contributed by atoms with Gasteiger partial charge in [0.1, 0.15) is 16.8 Å². The first-order valence-corrected chi connectivity index (χ1v) is 7.90. The van der Waals surface area contributed by atoms with Gasteiger partial charge in [0.2, 0.25) is 0 Å². The Morgan fingerprint density at radius 2 is 1.96 bits per heavy atom. The van der Waals surface area contributed by atoms with Crippen molar-refractivity contribution in [3.8, 4) is 11.8 Å². The molecule has 0 atom stereocenters. The maximum Gasteiger partial charge on any atom is 0.262 e. The first-order chi connectivity index (χ1) is 12.0. The number of thiocarbonyl (C=S) groups is 1. The van der Waals surface area contributed by atoms with Gasteiger partial charge in [-0.05, 0) is 42.3 Å². The Labute approximate surface area is 151 Å². The van der Waals surface area contributed by atoms with Gasteiger partial charge in [-0.1, -0.05) is 42.5 Å². The molecule has 5 nitrogen and oxygen atoms in total. The van der Waals surface area contributed by atoms with E-state index in [0.29, 0.717) is 5.75 Å². The molecule has 0 fully saturated rings. The quantitative estimate of drug-likeness (QED) is 0.474. The van der Waals surface area contributed by atoms with Gasteiger partial charge in [0, 0.05) is 5.69 Å². The highest BCUT2D eigenvalue weighted by Crippen LogP contribution is 2.16. The van der Waals surface area contributed by atoms with E-state index >= 15 is 0 Å². The standard InChI is InChI=1S/C19H17N3O2S/c1-13-4-2-3-5-17(13)22-18(23)12-24-16-8-6-14(7-9-16)10-15(11-20)19(21)25/h2-10H,12H2,1H3,(H2,21,25)(H,22,23)/b15-10-. The maximum absolute atomic E-state index is 12.0. The third-order valence-corrected chi connectivity index (χ3v) is 3.59. The molecule has 126 valence electrons. The number of nitriles is 1. The molecule has 2 aromatic carbocycles. The zero-order valence-electron chi connectivity index (χ0n) is 13.7. The highest BCUT2D eigenvalue weighted by atomic mass is 32.1. The molecule has 0 spiro atoms. The van der Waals surface area contributed by atoms with Crippen molar-refractivity contribution in [2.45, 2.75) is 6.92 Å². The van der Waals surface area contributed by atoms with Crippen LogP contribution in [0.2, 0.25) is 0 Å². The number of rotatable bonds is 6. The minimum absolute atomic E-state index is 0.0516. The molecular formula is C19H17N3O2S. The minimum atomic E-state index is -0.237. The van der Waals surface area contributed by atoms with Crippen LogP contribution in [0.4, 0.5) is 5.69 Å². The summed E-state index contributed by atoms with van der Waals surface area (Å²) in [5, 5.41) is 11.7. The van der Waals surface area contributed by atoms with E-state index in [0.717, 1.165) is 16.8 Å². The highest BCUT2D eigenvalue weighted by molar-refractivity contribution is 7.80. The van der Waals surface area contributed by atoms with E-state index in [4.69, 9.17) is 28.0 Å². The number of anilines is 1. The molecule has 0 bridgehead atoms. The lowest BCUT2D eigenvalue weighted by atomic mass is 10.1. The van der Waals surface area contributed by atoms with Crippen molar-refractivity contribution in [3.05, 3.63) is 65.2 Å². The number of ether oxygens (including phenoxy) is 1. The minimum Gasteiger partial charge on any atom is -0.484 e. The Bertz CT molecular complexity index is 852. The van der Waals surface area contributed by atoms with E-state index < -0.39 is 0 Å². The number of hydrogen-bond acceptors (Lipinski definition) is 4. The van der Waals surface area contributed by atoms with Gasteiger partial charge in [0.15, 0.2) is 6.61 Å². The van der Waals surface area contributed by atoms with Crippen molar-refractivity contribution >= 4 is 34.9 Å². The molecule has 0 radical (unpaired) electrons. The van der Waals surface area contributed by atoms with Gasteiger partial charge in [0.05, 0.1) is 5.57 Å². The fraction of sp³-hybridized carbons (Fsp3) is 0.105. The van der Waals surface area contributed by atoms with E-state index in [1.807, 2.05) is 37.3 Å². The fourth-order valence-electron chi connectivity index (χ4n) is 2.03. The molecular weight excluding hydrogens is 334 g/mol. The Kier molecular flexibility index (Phi) is 6.26. The Morgan fingerprint density at radius 1 is 1.28 bits per heavy atom. The van der Waals surface area contributed by atoms with Crippen LogP contribution in [0.3, 0.4) is 0 Å². The van der Waals surface area contributed by atoms with Gasteiger partial charge in [-0.2, -0.15) is 5.26 Å².